The molecule has 164 valence electrons. The first kappa shape index (κ1) is 20.9. The van der Waals surface area contributed by atoms with Crippen molar-refractivity contribution in [3.05, 3.63) is 108 Å². The highest BCUT2D eigenvalue weighted by Crippen LogP contribution is 2.52. The van der Waals surface area contributed by atoms with Gasteiger partial charge in [-0.1, -0.05) is 91.0 Å². The molecular weight excluding hydrogens is 412 g/mol. The smallest absolute Gasteiger partial charge is 0.243 e. The fourth-order valence-corrected chi connectivity index (χ4v) is 5.10. The van der Waals surface area contributed by atoms with Crippen molar-refractivity contribution in [3.63, 3.8) is 0 Å². The van der Waals surface area contributed by atoms with Gasteiger partial charge >= 0.3 is 0 Å². The Kier molecular flexibility index (Phi) is 5.17. The number of benzene rings is 3. The molecule has 1 saturated heterocycles. The molecule has 2 heterocycles. The maximum absolute atomic E-state index is 14.0. The minimum atomic E-state index is -1.14. The molecule has 0 N–H and O–H groups in total. The number of para-hydroxylation sites is 1. The van der Waals surface area contributed by atoms with E-state index in [1.165, 1.54) is 11.8 Å². The van der Waals surface area contributed by atoms with E-state index in [1.54, 1.807) is 4.90 Å². The van der Waals surface area contributed by atoms with Crippen LogP contribution in [0.3, 0.4) is 0 Å². The number of imide groups is 1. The van der Waals surface area contributed by atoms with Gasteiger partial charge in [0.05, 0.1) is 12.6 Å². The van der Waals surface area contributed by atoms with Crippen LogP contribution in [0.25, 0.3) is 6.08 Å². The number of hydrogen-bond acceptors (Lipinski definition) is 3. The third-order valence-electron chi connectivity index (χ3n) is 6.58. The molecule has 5 rings (SSSR count). The van der Waals surface area contributed by atoms with Crippen molar-refractivity contribution in [1.82, 2.24) is 4.90 Å². The van der Waals surface area contributed by atoms with Crippen LogP contribution in [0.15, 0.2) is 91.0 Å². The molecule has 0 aliphatic carbocycles. The quantitative estimate of drug-likeness (QED) is 0.572. The zero-order chi connectivity index (χ0) is 23.0. The van der Waals surface area contributed by atoms with Crippen molar-refractivity contribution in [2.45, 2.75) is 31.3 Å². The summed E-state index contributed by atoms with van der Waals surface area (Å²) in [5, 5.41) is 0. The van der Waals surface area contributed by atoms with Gasteiger partial charge in [-0.05, 0) is 22.8 Å². The molecule has 3 aromatic carbocycles. The minimum absolute atomic E-state index is 0.0310. The van der Waals surface area contributed by atoms with Gasteiger partial charge in [-0.3, -0.25) is 19.3 Å². The second kappa shape index (κ2) is 8.17. The number of carbonyl (C=O) groups is 3. The Morgan fingerprint density at radius 3 is 2.27 bits per heavy atom. The highest BCUT2D eigenvalue weighted by Gasteiger charge is 2.63. The molecule has 2 aliphatic rings. The Balaban J connectivity index is 1.62. The normalized spacial score (nSPS) is 21.9. The second-order valence-electron chi connectivity index (χ2n) is 8.54. The zero-order valence-corrected chi connectivity index (χ0v) is 18.3. The highest BCUT2D eigenvalue weighted by molar-refractivity contribution is 6.14. The summed E-state index contributed by atoms with van der Waals surface area (Å²) in [4.78, 5) is 43.1. The lowest BCUT2D eigenvalue weighted by atomic mass is 9.74. The van der Waals surface area contributed by atoms with Crippen LogP contribution in [-0.4, -0.2) is 28.7 Å². The number of anilines is 1. The van der Waals surface area contributed by atoms with Crippen LogP contribution in [0.2, 0.25) is 0 Å². The molecule has 0 unspecified atom stereocenters. The number of amides is 3. The molecule has 1 fully saturated rings. The van der Waals surface area contributed by atoms with E-state index in [-0.39, 0.29) is 30.7 Å². The van der Waals surface area contributed by atoms with E-state index in [9.17, 15) is 14.4 Å². The summed E-state index contributed by atoms with van der Waals surface area (Å²) in [6, 6.07) is 26.1. The van der Waals surface area contributed by atoms with Gasteiger partial charge in [0.15, 0.2) is 0 Å². The molecule has 0 bridgehead atoms. The van der Waals surface area contributed by atoms with Gasteiger partial charge in [-0.15, -0.1) is 0 Å². The van der Waals surface area contributed by atoms with Crippen LogP contribution in [0.5, 0.6) is 0 Å². The Bertz CT molecular complexity index is 1250. The SMILES string of the molecule is CC(=O)N1c2ccccc2[C@]2(CC(=O)N(Cc3ccccc3)C2=O)[C@H]1/C=C/c1ccccc1. The fourth-order valence-electron chi connectivity index (χ4n) is 5.10. The topological polar surface area (TPSA) is 57.7 Å². The second-order valence-corrected chi connectivity index (χ2v) is 8.54. The van der Waals surface area contributed by atoms with Gasteiger partial charge < -0.3 is 4.90 Å². The van der Waals surface area contributed by atoms with Crippen LogP contribution in [0, 0.1) is 0 Å². The van der Waals surface area contributed by atoms with Gasteiger partial charge in [0.25, 0.3) is 0 Å². The molecule has 0 radical (unpaired) electrons. The van der Waals surface area contributed by atoms with Crippen LogP contribution in [0.4, 0.5) is 5.69 Å². The van der Waals surface area contributed by atoms with E-state index in [0.717, 1.165) is 16.7 Å². The number of rotatable bonds is 4. The van der Waals surface area contributed by atoms with Crippen molar-refractivity contribution in [2.24, 2.45) is 0 Å². The number of nitrogens with zero attached hydrogens (tertiary/aromatic N) is 2. The summed E-state index contributed by atoms with van der Waals surface area (Å²) < 4.78 is 0. The van der Waals surface area contributed by atoms with Crippen molar-refractivity contribution < 1.29 is 14.4 Å². The third kappa shape index (κ3) is 3.37. The summed E-state index contributed by atoms with van der Waals surface area (Å²) in [6.07, 6.45) is 3.85. The lowest BCUT2D eigenvalue weighted by Crippen LogP contribution is -2.50. The van der Waals surface area contributed by atoms with Gasteiger partial charge in [0.1, 0.15) is 5.41 Å². The summed E-state index contributed by atoms with van der Waals surface area (Å²) >= 11 is 0. The lowest BCUT2D eigenvalue weighted by molar-refractivity contribution is -0.140. The van der Waals surface area contributed by atoms with Gasteiger partial charge in [-0.25, -0.2) is 0 Å². The van der Waals surface area contributed by atoms with Crippen LogP contribution in [-0.2, 0) is 26.3 Å². The highest BCUT2D eigenvalue weighted by atomic mass is 16.2. The Hall–Kier alpha value is -3.99. The van der Waals surface area contributed by atoms with Gasteiger partial charge in [-0.2, -0.15) is 0 Å². The summed E-state index contributed by atoms with van der Waals surface area (Å²) in [5.41, 5.74) is 2.14. The fraction of sp³-hybridized carbons (Fsp3) is 0.179. The Morgan fingerprint density at radius 2 is 1.58 bits per heavy atom. The first-order valence-corrected chi connectivity index (χ1v) is 11.0. The molecule has 3 aromatic rings. The van der Waals surface area contributed by atoms with Crippen molar-refractivity contribution >= 4 is 29.5 Å². The maximum atomic E-state index is 14.0. The summed E-state index contributed by atoms with van der Waals surface area (Å²) in [6.45, 7) is 1.72. The maximum Gasteiger partial charge on any atom is 0.243 e. The van der Waals surface area contributed by atoms with Crippen LogP contribution >= 0.6 is 0 Å². The summed E-state index contributed by atoms with van der Waals surface area (Å²) in [5.74, 6) is -0.638. The van der Waals surface area contributed by atoms with Crippen LogP contribution < -0.4 is 4.90 Å². The number of carbonyl (C=O) groups excluding carboxylic acids is 3. The van der Waals surface area contributed by atoms with Crippen LogP contribution in [0.1, 0.15) is 30.0 Å². The van der Waals surface area contributed by atoms with E-state index in [0.29, 0.717) is 5.69 Å². The molecule has 2 aliphatic heterocycles. The first-order valence-electron chi connectivity index (χ1n) is 11.0. The largest absolute Gasteiger partial charge is 0.304 e. The van der Waals surface area contributed by atoms with E-state index in [1.807, 2.05) is 97.1 Å². The van der Waals surface area contributed by atoms with Gasteiger partial charge in [0, 0.05) is 19.0 Å². The lowest BCUT2D eigenvalue weighted by Gasteiger charge is -2.31. The monoisotopic (exact) mass is 436 g/mol. The zero-order valence-electron chi connectivity index (χ0n) is 18.3. The molecule has 5 nitrogen and oxygen atoms in total. The first-order chi connectivity index (χ1) is 16.0. The molecule has 2 atom stereocenters. The number of hydrogen-bond donors (Lipinski definition) is 0. The molecular formula is C28H24N2O3. The molecule has 5 heteroatoms. The molecule has 0 saturated carbocycles. The van der Waals surface area contributed by atoms with Crippen molar-refractivity contribution in [1.29, 1.82) is 0 Å². The predicted octanol–water partition coefficient (Wildman–Crippen LogP) is 4.33. The Labute approximate surface area is 192 Å². The molecule has 33 heavy (non-hydrogen) atoms. The standard InChI is InChI=1S/C28H24N2O3/c1-20(31)30-24-15-9-8-14-23(24)28(25(30)17-16-21-10-4-2-5-11-21)18-26(32)29(27(28)33)19-22-12-6-3-7-13-22/h2-17,25H,18-19H2,1H3/b17-16+/t25-,28-/m1/s1. The minimum Gasteiger partial charge on any atom is -0.304 e. The molecule has 0 aromatic heterocycles. The van der Waals surface area contributed by atoms with Crippen molar-refractivity contribution in [2.75, 3.05) is 4.90 Å². The van der Waals surface area contributed by atoms with E-state index in [4.69, 9.17) is 0 Å². The number of fused-ring (bicyclic) bond motifs is 2. The Morgan fingerprint density at radius 1 is 0.939 bits per heavy atom. The molecule has 1 spiro atoms. The average molecular weight is 437 g/mol. The van der Waals surface area contributed by atoms with E-state index < -0.39 is 11.5 Å². The van der Waals surface area contributed by atoms with Gasteiger partial charge in [0.2, 0.25) is 17.7 Å². The van der Waals surface area contributed by atoms with Crippen molar-refractivity contribution in [3.8, 4) is 0 Å². The molecule has 3 amide bonds. The third-order valence-corrected chi connectivity index (χ3v) is 6.58. The van der Waals surface area contributed by atoms with E-state index >= 15 is 0 Å². The van der Waals surface area contributed by atoms with E-state index in [2.05, 4.69) is 0 Å². The number of likely N-dealkylation sites (tertiary alicyclic amines) is 1. The average Bonchev–Trinajstić information content (AvgIpc) is 3.25. The predicted molar refractivity (Wildman–Crippen MR) is 127 cm³/mol. The summed E-state index contributed by atoms with van der Waals surface area (Å²) in [7, 11) is 0.